The van der Waals surface area contributed by atoms with Crippen LogP contribution >= 0.6 is 0 Å². The largest absolute Gasteiger partial charge is 0.460 e. The number of alkyl halides is 4. The van der Waals surface area contributed by atoms with Gasteiger partial charge in [0.1, 0.15) is 25.4 Å². The number of hydrogen-bond donors (Lipinski definition) is 0. The Labute approximate surface area is 197 Å². The summed E-state index contributed by atoms with van der Waals surface area (Å²) in [5.41, 5.74) is -2.23. The molecule has 0 amide bonds. The van der Waals surface area contributed by atoms with Gasteiger partial charge < -0.3 is 18.9 Å². The summed E-state index contributed by atoms with van der Waals surface area (Å²) in [6.45, 7) is 3.11. The minimum Gasteiger partial charge on any atom is -0.460 e. The van der Waals surface area contributed by atoms with Crippen LogP contribution in [0.2, 0.25) is 0 Å². The first-order valence-electron chi connectivity index (χ1n) is 12.0. The third-order valence-corrected chi connectivity index (χ3v) is 8.30. The van der Waals surface area contributed by atoms with Gasteiger partial charge in [0.2, 0.25) is 5.79 Å². The lowest BCUT2D eigenvalue weighted by molar-refractivity contribution is -0.254. The maximum atomic E-state index is 13.6. The standard InChI is InChI=1S/C24H34F4O6/c1-5-19(2,3)17(29)34-22-9-15-6-16(10-22)8-21(7-15,11-22)18(30)31-12-20(4)32-13-23(25,26)24(27,28)14-33-20/h15-16H,5-14H2,1-4H3. The second-order valence-electron chi connectivity index (χ2n) is 11.7. The van der Waals surface area contributed by atoms with Crippen molar-refractivity contribution in [1.29, 1.82) is 0 Å². The molecule has 1 saturated heterocycles. The molecule has 6 nitrogen and oxygen atoms in total. The van der Waals surface area contributed by atoms with Crippen molar-refractivity contribution in [3.8, 4) is 0 Å². The Morgan fingerprint density at radius 1 is 0.971 bits per heavy atom. The highest BCUT2D eigenvalue weighted by Crippen LogP contribution is 2.63. The second-order valence-corrected chi connectivity index (χ2v) is 11.7. The average molecular weight is 495 g/mol. The molecule has 2 unspecified atom stereocenters. The van der Waals surface area contributed by atoms with E-state index in [1.165, 1.54) is 6.92 Å². The predicted octanol–water partition coefficient (Wildman–Crippen LogP) is 4.88. The minimum atomic E-state index is -4.39. The number of rotatable bonds is 6. The van der Waals surface area contributed by atoms with E-state index in [0.717, 1.165) is 6.42 Å². The molecule has 0 N–H and O–H groups in total. The number of esters is 2. The quantitative estimate of drug-likeness (QED) is 0.387. The number of carbonyl (C=O) groups is 2. The summed E-state index contributed by atoms with van der Waals surface area (Å²) in [4.78, 5) is 26.2. The van der Waals surface area contributed by atoms with Crippen molar-refractivity contribution in [2.24, 2.45) is 22.7 Å². The molecule has 1 heterocycles. The molecule has 4 aliphatic carbocycles. The fourth-order valence-electron chi connectivity index (χ4n) is 6.19. The fourth-order valence-corrected chi connectivity index (χ4v) is 6.19. The number of carbonyl (C=O) groups excluding carboxylic acids is 2. The summed E-state index contributed by atoms with van der Waals surface area (Å²) in [6, 6.07) is 0. The maximum absolute atomic E-state index is 13.6. The van der Waals surface area contributed by atoms with E-state index in [1.54, 1.807) is 0 Å². The Morgan fingerprint density at radius 2 is 1.50 bits per heavy atom. The molecule has 5 aliphatic rings. The van der Waals surface area contributed by atoms with Crippen LogP contribution in [0.15, 0.2) is 0 Å². The Bertz CT molecular complexity index is 809. The maximum Gasteiger partial charge on any atom is 0.335 e. The van der Waals surface area contributed by atoms with Gasteiger partial charge in [-0.05, 0) is 71.1 Å². The summed E-state index contributed by atoms with van der Waals surface area (Å²) in [5.74, 6) is -11.1. The van der Waals surface area contributed by atoms with Gasteiger partial charge in [-0.1, -0.05) is 6.92 Å². The summed E-state index contributed by atoms with van der Waals surface area (Å²) in [7, 11) is 0. The monoisotopic (exact) mass is 494 g/mol. The van der Waals surface area contributed by atoms with Crippen LogP contribution in [0.25, 0.3) is 0 Å². The third kappa shape index (κ3) is 4.45. The summed E-state index contributed by atoms with van der Waals surface area (Å²) >= 11 is 0. The molecule has 194 valence electrons. The van der Waals surface area contributed by atoms with Gasteiger partial charge in [0, 0.05) is 6.42 Å². The molecule has 1 aliphatic heterocycles. The first kappa shape index (κ1) is 25.7. The molecule has 4 saturated carbocycles. The highest BCUT2D eigenvalue weighted by atomic mass is 19.3. The fraction of sp³-hybridized carbons (Fsp3) is 0.917. The van der Waals surface area contributed by atoms with E-state index in [0.29, 0.717) is 38.5 Å². The lowest BCUT2D eigenvalue weighted by Crippen LogP contribution is -2.60. The Morgan fingerprint density at radius 3 is 2.00 bits per heavy atom. The molecule has 10 heteroatoms. The van der Waals surface area contributed by atoms with Crippen molar-refractivity contribution in [2.75, 3.05) is 19.8 Å². The molecular weight excluding hydrogens is 460 g/mol. The van der Waals surface area contributed by atoms with E-state index in [2.05, 4.69) is 0 Å². The molecule has 0 radical (unpaired) electrons. The van der Waals surface area contributed by atoms with Gasteiger partial charge in [0.05, 0.1) is 10.8 Å². The SMILES string of the molecule is CCC(C)(C)C(=O)OC12CC3CC(C1)CC(C(=O)OCC1(C)OCC(F)(F)C(F)(F)CO1)(C3)C2. The van der Waals surface area contributed by atoms with Gasteiger partial charge in [-0.2, -0.15) is 17.6 Å². The normalized spacial score (nSPS) is 37.6. The van der Waals surface area contributed by atoms with Crippen LogP contribution < -0.4 is 0 Å². The molecule has 5 rings (SSSR count). The Hall–Kier alpha value is -1.42. The second kappa shape index (κ2) is 8.05. The van der Waals surface area contributed by atoms with E-state index in [9.17, 15) is 27.2 Å². The van der Waals surface area contributed by atoms with E-state index in [-0.39, 0.29) is 17.8 Å². The first-order chi connectivity index (χ1) is 15.6. The van der Waals surface area contributed by atoms with Gasteiger partial charge in [-0.25, -0.2) is 0 Å². The lowest BCUT2D eigenvalue weighted by Gasteiger charge is -2.60. The van der Waals surface area contributed by atoms with Crippen LogP contribution in [0.4, 0.5) is 17.6 Å². The van der Waals surface area contributed by atoms with Crippen molar-refractivity contribution in [1.82, 2.24) is 0 Å². The van der Waals surface area contributed by atoms with Gasteiger partial charge in [0.25, 0.3) is 0 Å². The molecule has 34 heavy (non-hydrogen) atoms. The van der Waals surface area contributed by atoms with Crippen LogP contribution in [0.5, 0.6) is 0 Å². The van der Waals surface area contributed by atoms with Crippen LogP contribution in [0.3, 0.4) is 0 Å². The van der Waals surface area contributed by atoms with E-state index in [4.69, 9.17) is 18.9 Å². The number of halogens is 4. The molecule has 0 aromatic heterocycles. The highest BCUT2D eigenvalue weighted by Gasteiger charge is 2.64. The van der Waals surface area contributed by atoms with Crippen molar-refractivity contribution >= 4 is 11.9 Å². The van der Waals surface area contributed by atoms with Crippen LogP contribution in [-0.2, 0) is 28.5 Å². The highest BCUT2D eigenvalue weighted by molar-refractivity contribution is 5.79. The van der Waals surface area contributed by atoms with Crippen LogP contribution in [0, 0.1) is 22.7 Å². The van der Waals surface area contributed by atoms with Gasteiger partial charge in [0.15, 0.2) is 0 Å². The van der Waals surface area contributed by atoms with Crippen molar-refractivity contribution in [3.63, 3.8) is 0 Å². The summed E-state index contributed by atoms with van der Waals surface area (Å²) < 4.78 is 76.0. The van der Waals surface area contributed by atoms with Gasteiger partial charge in [-0.15, -0.1) is 0 Å². The molecular formula is C24H34F4O6. The number of ether oxygens (including phenoxy) is 4. The van der Waals surface area contributed by atoms with E-state index >= 15 is 0 Å². The van der Waals surface area contributed by atoms with Crippen LogP contribution in [-0.4, -0.2) is 55.0 Å². The van der Waals surface area contributed by atoms with Crippen molar-refractivity contribution in [3.05, 3.63) is 0 Å². The topological polar surface area (TPSA) is 71.1 Å². The summed E-state index contributed by atoms with van der Waals surface area (Å²) in [6.07, 6.45) is 4.52. The van der Waals surface area contributed by atoms with Crippen molar-refractivity contribution < 1.29 is 46.1 Å². The first-order valence-corrected chi connectivity index (χ1v) is 12.0. The minimum absolute atomic E-state index is 0.213. The molecule has 0 spiro atoms. The van der Waals surface area contributed by atoms with Crippen LogP contribution in [0.1, 0.15) is 72.6 Å². The average Bonchev–Trinajstić information content (AvgIpc) is 2.81. The van der Waals surface area contributed by atoms with E-state index < -0.39 is 59.9 Å². The molecule has 5 fully saturated rings. The molecule has 0 aromatic carbocycles. The van der Waals surface area contributed by atoms with E-state index in [1.807, 2.05) is 20.8 Å². The Kier molecular flexibility index (Phi) is 6.07. The summed E-state index contributed by atoms with van der Waals surface area (Å²) in [5, 5.41) is 0. The van der Waals surface area contributed by atoms with Crippen molar-refractivity contribution in [2.45, 2.75) is 95.9 Å². The van der Waals surface area contributed by atoms with Gasteiger partial charge in [-0.3, -0.25) is 9.59 Å². The van der Waals surface area contributed by atoms with Gasteiger partial charge >= 0.3 is 23.8 Å². The third-order valence-electron chi connectivity index (χ3n) is 8.30. The predicted molar refractivity (Wildman–Crippen MR) is 111 cm³/mol. The number of hydrogen-bond acceptors (Lipinski definition) is 6. The zero-order valence-electron chi connectivity index (χ0n) is 20.2. The molecule has 0 aromatic rings. The molecule has 4 bridgehead atoms. The molecule has 2 atom stereocenters. The lowest BCUT2D eigenvalue weighted by atomic mass is 9.48. The zero-order valence-corrected chi connectivity index (χ0v) is 20.2. The smallest absolute Gasteiger partial charge is 0.335 e. The zero-order chi connectivity index (χ0) is 25.2. The Balaban J connectivity index is 1.46.